The van der Waals surface area contributed by atoms with Crippen LogP contribution in [0.25, 0.3) is 6.08 Å². The van der Waals surface area contributed by atoms with Crippen LogP contribution in [-0.2, 0) is 0 Å². The van der Waals surface area contributed by atoms with Crippen molar-refractivity contribution < 1.29 is 4.74 Å². The minimum absolute atomic E-state index is 0.265. The van der Waals surface area contributed by atoms with Crippen LogP contribution in [0.1, 0.15) is 22.6 Å². The number of hydrogen-bond acceptors (Lipinski definition) is 1. The molecule has 0 saturated heterocycles. The van der Waals surface area contributed by atoms with E-state index in [9.17, 15) is 0 Å². The summed E-state index contributed by atoms with van der Waals surface area (Å²) in [4.78, 5) is 0. The van der Waals surface area contributed by atoms with Crippen molar-refractivity contribution in [3.05, 3.63) is 64.2 Å². The normalized spacial score (nSPS) is 18.5. The smallest absolute Gasteiger partial charge is 0.135 e. The van der Waals surface area contributed by atoms with E-state index in [1.807, 2.05) is 24.3 Å². The zero-order chi connectivity index (χ0) is 11.4. The summed E-state index contributed by atoms with van der Waals surface area (Å²) in [6.07, 6.45) is 4.30. The summed E-state index contributed by atoms with van der Waals surface area (Å²) in [6, 6.07) is 12.1. The third-order valence-electron chi connectivity index (χ3n) is 3.41. The third kappa shape index (κ3) is 1.20. The summed E-state index contributed by atoms with van der Waals surface area (Å²) in [5, 5.41) is 0.814. The van der Waals surface area contributed by atoms with E-state index >= 15 is 0 Å². The van der Waals surface area contributed by atoms with E-state index < -0.39 is 0 Å². The SMILES string of the molecule is Clc1ccc2c3c1C(C=C3)c1cccc(c1)O2. The van der Waals surface area contributed by atoms with E-state index in [1.54, 1.807) is 0 Å². The van der Waals surface area contributed by atoms with Crippen molar-refractivity contribution in [3.63, 3.8) is 0 Å². The molecule has 0 N–H and O–H groups in total. The van der Waals surface area contributed by atoms with E-state index in [-0.39, 0.29) is 5.92 Å². The molecule has 1 nitrogen and oxygen atoms in total. The monoisotopic (exact) mass is 240 g/mol. The van der Waals surface area contributed by atoms with Crippen molar-refractivity contribution in [3.8, 4) is 11.5 Å². The fraction of sp³-hybridized carbons (Fsp3) is 0.0667. The molecule has 0 spiro atoms. The number of halogens is 1. The van der Waals surface area contributed by atoms with Crippen LogP contribution in [0.2, 0.25) is 5.02 Å². The van der Waals surface area contributed by atoms with Crippen molar-refractivity contribution in [1.82, 2.24) is 0 Å². The van der Waals surface area contributed by atoms with E-state index in [1.165, 1.54) is 11.1 Å². The molecular formula is C15H9ClO. The minimum atomic E-state index is 0.265. The van der Waals surface area contributed by atoms with Crippen molar-refractivity contribution in [2.24, 2.45) is 0 Å². The average Bonchev–Trinajstić information content (AvgIpc) is 2.79. The van der Waals surface area contributed by atoms with Gasteiger partial charge in [0.15, 0.2) is 0 Å². The van der Waals surface area contributed by atoms with Gasteiger partial charge in [0.25, 0.3) is 0 Å². The van der Waals surface area contributed by atoms with Crippen molar-refractivity contribution in [2.45, 2.75) is 5.92 Å². The summed E-state index contributed by atoms with van der Waals surface area (Å²) < 4.78 is 5.89. The van der Waals surface area contributed by atoms with Gasteiger partial charge in [-0.15, -0.1) is 0 Å². The van der Waals surface area contributed by atoms with Gasteiger partial charge < -0.3 is 4.74 Å². The summed E-state index contributed by atoms with van der Waals surface area (Å²) in [5.74, 6) is 2.05. The molecule has 82 valence electrons. The number of fused-ring (bicyclic) bond motifs is 3. The second kappa shape index (κ2) is 3.14. The Balaban J connectivity index is 2.10. The molecule has 2 aromatic carbocycles. The predicted octanol–water partition coefficient (Wildman–Crippen LogP) is 4.60. The molecule has 0 radical (unpaired) electrons. The second-order valence-corrected chi connectivity index (χ2v) is 4.79. The van der Waals surface area contributed by atoms with Crippen molar-refractivity contribution in [2.75, 3.05) is 0 Å². The van der Waals surface area contributed by atoms with Crippen LogP contribution in [0.3, 0.4) is 0 Å². The zero-order valence-electron chi connectivity index (χ0n) is 8.98. The van der Waals surface area contributed by atoms with Gasteiger partial charge in [-0.3, -0.25) is 0 Å². The lowest BCUT2D eigenvalue weighted by atomic mass is 9.92. The van der Waals surface area contributed by atoms with E-state index in [0.717, 1.165) is 22.1 Å². The quantitative estimate of drug-likeness (QED) is 0.654. The van der Waals surface area contributed by atoms with Crippen LogP contribution in [-0.4, -0.2) is 0 Å². The minimum Gasteiger partial charge on any atom is -0.457 e. The Bertz CT molecular complexity index is 658. The zero-order valence-corrected chi connectivity index (χ0v) is 9.74. The molecule has 2 heteroatoms. The molecule has 1 aliphatic carbocycles. The maximum atomic E-state index is 6.31. The molecule has 1 unspecified atom stereocenters. The van der Waals surface area contributed by atoms with E-state index in [4.69, 9.17) is 16.3 Å². The predicted molar refractivity (Wildman–Crippen MR) is 68.8 cm³/mol. The summed E-state index contributed by atoms with van der Waals surface area (Å²) in [5.41, 5.74) is 3.52. The van der Waals surface area contributed by atoms with Crippen LogP contribution < -0.4 is 4.74 Å². The summed E-state index contributed by atoms with van der Waals surface area (Å²) in [6.45, 7) is 0. The first kappa shape index (κ1) is 9.32. The molecule has 1 heterocycles. The standard InChI is InChI=1S/C15H9ClO/c16-13-6-7-14-12-5-4-11(15(12)13)9-2-1-3-10(8-9)17-14/h1-8,11H. The molecule has 0 fully saturated rings. The van der Waals surface area contributed by atoms with Gasteiger partial charge in [0, 0.05) is 16.5 Å². The molecule has 0 aromatic heterocycles. The molecule has 2 aromatic rings. The van der Waals surface area contributed by atoms with Crippen LogP contribution in [0.4, 0.5) is 0 Å². The Morgan fingerprint density at radius 1 is 1.12 bits per heavy atom. The first-order valence-electron chi connectivity index (χ1n) is 5.61. The third-order valence-corrected chi connectivity index (χ3v) is 3.73. The van der Waals surface area contributed by atoms with Gasteiger partial charge in [0.1, 0.15) is 11.5 Å². The molecular weight excluding hydrogens is 232 g/mol. The number of allylic oxidation sites excluding steroid dienone is 1. The van der Waals surface area contributed by atoms with Gasteiger partial charge in [-0.05, 0) is 35.4 Å². The second-order valence-electron chi connectivity index (χ2n) is 4.38. The Morgan fingerprint density at radius 3 is 3.00 bits per heavy atom. The van der Waals surface area contributed by atoms with Crippen molar-refractivity contribution in [1.29, 1.82) is 0 Å². The number of ether oxygens (including phenoxy) is 1. The van der Waals surface area contributed by atoms with Crippen LogP contribution in [0.5, 0.6) is 11.5 Å². The highest BCUT2D eigenvalue weighted by Crippen LogP contribution is 2.46. The summed E-state index contributed by atoms with van der Waals surface area (Å²) >= 11 is 6.31. The fourth-order valence-corrected chi connectivity index (χ4v) is 2.91. The topological polar surface area (TPSA) is 9.23 Å². The molecule has 4 rings (SSSR count). The Hall–Kier alpha value is -1.73. The highest BCUT2D eigenvalue weighted by atomic mass is 35.5. The van der Waals surface area contributed by atoms with E-state index in [2.05, 4.69) is 24.3 Å². The van der Waals surface area contributed by atoms with Crippen LogP contribution in [0.15, 0.2) is 42.5 Å². The summed E-state index contributed by atoms with van der Waals surface area (Å²) in [7, 11) is 0. The molecule has 1 atom stereocenters. The lowest BCUT2D eigenvalue weighted by molar-refractivity contribution is 0.479. The van der Waals surface area contributed by atoms with Gasteiger partial charge in [-0.1, -0.05) is 35.9 Å². The van der Waals surface area contributed by atoms with Crippen LogP contribution >= 0.6 is 11.6 Å². The first-order valence-corrected chi connectivity index (χ1v) is 5.99. The van der Waals surface area contributed by atoms with Gasteiger partial charge in [-0.25, -0.2) is 0 Å². The highest BCUT2D eigenvalue weighted by molar-refractivity contribution is 6.32. The number of hydrogen-bond donors (Lipinski definition) is 0. The largest absolute Gasteiger partial charge is 0.457 e. The molecule has 1 aliphatic heterocycles. The molecule has 0 amide bonds. The maximum Gasteiger partial charge on any atom is 0.135 e. The Morgan fingerprint density at radius 2 is 2.06 bits per heavy atom. The maximum absolute atomic E-state index is 6.31. The molecule has 0 saturated carbocycles. The van der Waals surface area contributed by atoms with Gasteiger partial charge in [0.2, 0.25) is 0 Å². The number of rotatable bonds is 0. The van der Waals surface area contributed by atoms with Crippen molar-refractivity contribution >= 4 is 17.7 Å². The Kier molecular flexibility index (Phi) is 1.72. The molecule has 2 aliphatic rings. The van der Waals surface area contributed by atoms with Gasteiger partial charge >= 0.3 is 0 Å². The van der Waals surface area contributed by atoms with Gasteiger partial charge in [-0.2, -0.15) is 0 Å². The number of benzene rings is 2. The molecule has 6 bridgehead atoms. The first-order chi connectivity index (χ1) is 8.33. The highest BCUT2D eigenvalue weighted by Gasteiger charge is 2.27. The lowest BCUT2D eigenvalue weighted by Crippen LogP contribution is -2.01. The van der Waals surface area contributed by atoms with Crippen LogP contribution in [0, 0.1) is 0 Å². The molecule has 17 heavy (non-hydrogen) atoms. The Labute approximate surface area is 104 Å². The fourth-order valence-electron chi connectivity index (χ4n) is 2.63. The average molecular weight is 241 g/mol. The van der Waals surface area contributed by atoms with Gasteiger partial charge in [0.05, 0.1) is 0 Å². The lowest BCUT2D eigenvalue weighted by Gasteiger charge is -2.19. The van der Waals surface area contributed by atoms with E-state index in [0.29, 0.717) is 0 Å².